The molecular weight excluding hydrogens is 706 g/mol. The number of amides is 1. The Bertz CT molecular complexity index is 2090. The smallest absolute Gasteiger partial charge is 0.416 e. The lowest BCUT2D eigenvalue weighted by atomic mass is 10.0. The standard InChI is InChI=1S/C38H32Cl2F3N3O5/c1-22(2)51-37(48)45-32-15-12-25(18-34(32)49-3)24-8-5-23(6-9-24)7-16-35-44-33(29-14-13-28(39)19-31(29)40)21-46(35)20-27-11-10-26(36(47)50-4)17-30(27)38(41,42)43/h5-19,21-22H,20H2,1-4H3,(H,45,48)/b16-7+. The second-order valence-corrected chi connectivity index (χ2v) is 12.4. The Balaban J connectivity index is 1.46. The molecule has 0 fully saturated rings. The van der Waals surface area contributed by atoms with Crippen LogP contribution in [0.1, 0.15) is 46.7 Å². The van der Waals surface area contributed by atoms with E-state index in [2.05, 4.69) is 10.1 Å². The van der Waals surface area contributed by atoms with Crippen LogP contribution in [0.2, 0.25) is 10.0 Å². The summed E-state index contributed by atoms with van der Waals surface area (Å²) in [6, 6.07) is 21.1. The monoisotopic (exact) mass is 737 g/mol. The van der Waals surface area contributed by atoms with Gasteiger partial charge in [-0.1, -0.05) is 65.7 Å². The largest absolute Gasteiger partial charge is 0.495 e. The average Bonchev–Trinajstić information content (AvgIpc) is 3.48. The van der Waals surface area contributed by atoms with Crippen molar-refractivity contribution in [1.82, 2.24) is 9.55 Å². The first-order valence-electron chi connectivity index (χ1n) is 15.5. The number of carbonyl (C=O) groups excluding carboxylic acids is 2. The van der Waals surface area contributed by atoms with Crippen molar-refractivity contribution in [1.29, 1.82) is 0 Å². The Morgan fingerprint density at radius 2 is 1.65 bits per heavy atom. The predicted molar refractivity (Wildman–Crippen MR) is 192 cm³/mol. The van der Waals surface area contributed by atoms with E-state index in [-0.39, 0.29) is 23.8 Å². The Morgan fingerprint density at radius 1 is 0.922 bits per heavy atom. The van der Waals surface area contributed by atoms with Crippen molar-refractivity contribution in [3.05, 3.63) is 123 Å². The molecule has 1 amide bonds. The van der Waals surface area contributed by atoms with Crippen molar-refractivity contribution in [3.63, 3.8) is 0 Å². The normalized spacial score (nSPS) is 11.6. The lowest BCUT2D eigenvalue weighted by Crippen LogP contribution is -2.18. The number of ether oxygens (including phenoxy) is 3. The number of benzene rings is 4. The molecule has 4 aromatic carbocycles. The zero-order valence-electron chi connectivity index (χ0n) is 27.8. The molecule has 0 atom stereocenters. The second kappa shape index (κ2) is 15.7. The molecule has 8 nitrogen and oxygen atoms in total. The van der Waals surface area contributed by atoms with Crippen LogP contribution in [0.4, 0.5) is 23.7 Å². The van der Waals surface area contributed by atoms with E-state index >= 15 is 0 Å². The SMILES string of the molecule is COC(=O)c1ccc(Cn2cc(-c3ccc(Cl)cc3Cl)nc2/C=C/c2ccc(-c3ccc(NC(=O)OC(C)C)c(OC)c3)cc2)c(C(F)(F)F)c1. The summed E-state index contributed by atoms with van der Waals surface area (Å²) in [7, 11) is 2.61. The quantitative estimate of drug-likeness (QED) is 0.143. The number of nitrogens with zero attached hydrogens (tertiary/aromatic N) is 2. The molecule has 5 aromatic rings. The fourth-order valence-corrected chi connectivity index (χ4v) is 5.71. The average molecular weight is 739 g/mol. The maximum atomic E-state index is 14.2. The van der Waals surface area contributed by atoms with Gasteiger partial charge in [0.1, 0.15) is 11.6 Å². The van der Waals surface area contributed by atoms with E-state index in [9.17, 15) is 22.8 Å². The van der Waals surface area contributed by atoms with Gasteiger partial charge < -0.3 is 18.8 Å². The van der Waals surface area contributed by atoms with E-state index in [0.29, 0.717) is 38.6 Å². The van der Waals surface area contributed by atoms with Crippen LogP contribution in [0, 0.1) is 0 Å². The zero-order chi connectivity index (χ0) is 36.9. The zero-order valence-corrected chi connectivity index (χ0v) is 29.4. The third-order valence-corrected chi connectivity index (χ3v) is 8.19. The number of hydrogen-bond donors (Lipinski definition) is 1. The summed E-state index contributed by atoms with van der Waals surface area (Å²) in [5.74, 6) is -0.0656. The minimum atomic E-state index is -4.74. The molecule has 1 heterocycles. The summed E-state index contributed by atoms with van der Waals surface area (Å²) in [6.07, 6.45) is -0.511. The molecule has 0 aliphatic heterocycles. The number of aromatic nitrogens is 2. The van der Waals surface area contributed by atoms with Crippen LogP contribution < -0.4 is 10.1 Å². The molecule has 0 radical (unpaired) electrons. The minimum absolute atomic E-state index is 0.0752. The van der Waals surface area contributed by atoms with Gasteiger partial charge in [-0.15, -0.1) is 0 Å². The molecule has 5 rings (SSSR count). The Kier molecular flexibility index (Phi) is 11.4. The summed E-state index contributed by atoms with van der Waals surface area (Å²) in [6.45, 7) is 3.29. The molecule has 0 unspecified atom stereocenters. The number of halogens is 5. The van der Waals surface area contributed by atoms with Gasteiger partial charge in [0.25, 0.3) is 0 Å². The van der Waals surface area contributed by atoms with Gasteiger partial charge in [-0.2, -0.15) is 13.2 Å². The van der Waals surface area contributed by atoms with Gasteiger partial charge in [-0.05, 0) is 84.6 Å². The van der Waals surface area contributed by atoms with Gasteiger partial charge in [0.2, 0.25) is 0 Å². The van der Waals surface area contributed by atoms with Crippen molar-refractivity contribution < 1.29 is 37.0 Å². The molecule has 1 N–H and O–H groups in total. The van der Waals surface area contributed by atoms with Crippen LogP contribution in [-0.4, -0.2) is 41.9 Å². The van der Waals surface area contributed by atoms with Crippen molar-refractivity contribution in [2.24, 2.45) is 0 Å². The van der Waals surface area contributed by atoms with E-state index in [1.807, 2.05) is 30.3 Å². The first-order chi connectivity index (χ1) is 24.2. The van der Waals surface area contributed by atoms with Crippen LogP contribution in [-0.2, 0) is 22.2 Å². The number of rotatable bonds is 10. The van der Waals surface area contributed by atoms with E-state index in [4.69, 9.17) is 37.7 Å². The first kappa shape index (κ1) is 37.0. The summed E-state index contributed by atoms with van der Waals surface area (Å²) in [5.41, 5.74) is 2.68. The van der Waals surface area contributed by atoms with Crippen LogP contribution in [0.15, 0.2) is 85.1 Å². The Hall–Kier alpha value is -5.26. The number of imidazole rings is 1. The lowest BCUT2D eigenvalue weighted by molar-refractivity contribution is -0.138. The van der Waals surface area contributed by atoms with Gasteiger partial charge in [-0.25, -0.2) is 14.6 Å². The molecule has 264 valence electrons. The van der Waals surface area contributed by atoms with E-state index in [0.717, 1.165) is 29.9 Å². The maximum Gasteiger partial charge on any atom is 0.416 e. The number of hydrogen-bond acceptors (Lipinski definition) is 6. The highest BCUT2D eigenvalue weighted by Gasteiger charge is 2.34. The highest BCUT2D eigenvalue weighted by Crippen LogP contribution is 2.35. The lowest BCUT2D eigenvalue weighted by Gasteiger charge is -2.15. The highest BCUT2D eigenvalue weighted by atomic mass is 35.5. The molecule has 0 saturated heterocycles. The predicted octanol–water partition coefficient (Wildman–Crippen LogP) is 10.5. The summed E-state index contributed by atoms with van der Waals surface area (Å²) in [5, 5.41) is 3.43. The summed E-state index contributed by atoms with van der Waals surface area (Å²) >= 11 is 12.6. The molecule has 51 heavy (non-hydrogen) atoms. The maximum absolute atomic E-state index is 14.2. The van der Waals surface area contributed by atoms with Crippen molar-refractivity contribution in [2.75, 3.05) is 19.5 Å². The number of carbonyl (C=O) groups is 2. The Labute approximate surface area is 302 Å². The molecule has 0 bridgehead atoms. The van der Waals surface area contributed by atoms with E-state index in [1.165, 1.54) is 19.2 Å². The van der Waals surface area contributed by atoms with Crippen molar-refractivity contribution >= 4 is 53.1 Å². The topological polar surface area (TPSA) is 91.7 Å². The summed E-state index contributed by atoms with van der Waals surface area (Å²) < 4.78 is 59.4. The number of esters is 1. The number of anilines is 1. The number of alkyl halides is 3. The Morgan fingerprint density at radius 3 is 2.29 bits per heavy atom. The van der Waals surface area contributed by atoms with Crippen LogP contribution >= 0.6 is 23.2 Å². The molecule has 0 saturated carbocycles. The first-order valence-corrected chi connectivity index (χ1v) is 16.3. The second-order valence-electron chi connectivity index (χ2n) is 11.5. The third-order valence-electron chi connectivity index (χ3n) is 7.64. The molecular formula is C38H32Cl2F3N3O5. The fourth-order valence-electron chi connectivity index (χ4n) is 5.21. The highest BCUT2D eigenvalue weighted by molar-refractivity contribution is 6.36. The number of methoxy groups -OCH3 is 2. The van der Waals surface area contributed by atoms with Crippen LogP contribution in [0.25, 0.3) is 34.5 Å². The molecule has 1 aromatic heterocycles. The van der Waals surface area contributed by atoms with Crippen molar-refractivity contribution in [3.8, 4) is 28.1 Å². The molecule has 0 aliphatic rings. The van der Waals surface area contributed by atoms with Gasteiger partial charge in [-0.3, -0.25) is 5.32 Å². The van der Waals surface area contributed by atoms with Gasteiger partial charge >= 0.3 is 18.2 Å². The van der Waals surface area contributed by atoms with E-state index < -0.39 is 23.8 Å². The summed E-state index contributed by atoms with van der Waals surface area (Å²) in [4.78, 5) is 28.8. The van der Waals surface area contributed by atoms with E-state index in [1.54, 1.807) is 67.1 Å². The molecule has 13 heteroatoms. The fraction of sp³-hybridized carbons (Fsp3) is 0.184. The van der Waals surface area contributed by atoms with Crippen LogP contribution in [0.3, 0.4) is 0 Å². The van der Waals surface area contributed by atoms with Gasteiger partial charge in [0.05, 0.1) is 47.9 Å². The molecule has 0 aliphatic carbocycles. The number of nitrogens with one attached hydrogen (secondary N) is 1. The van der Waals surface area contributed by atoms with Gasteiger partial charge in [0, 0.05) is 23.3 Å². The van der Waals surface area contributed by atoms with Crippen molar-refractivity contribution in [2.45, 2.75) is 32.7 Å². The van der Waals surface area contributed by atoms with Gasteiger partial charge in [0.15, 0.2) is 0 Å². The third kappa shape index (κ3) is 9.11. The van der Waals surface area contributed by atoms with Crippen LogP contribution in [0.5, 0.6) is 5.75 Å². The molecule has 0 spiro atoms. The minimum Gasteiger partial charge on any atom is -0.495 e.